The monoisotopic (exact) mass is 267 g/mol. The maximum absolute atomic E-state index is 3.70. The average Bonchev–Trinajstić information content (AvgIpc) is 2.44. The van der Waals surface area contributed by atoms with Crippen LogP contribution in [0.5, 0.6) is 0 Å². The third-order valence-electron chi connectivity index (χ3n) is 5.13. The fourth-order valence-corrected chi connectivity index (χ4v) is 3.71. The molecule has 2 atom stereocenters. The van der Waals surface area contributed by atoms with Crippen LogP contribution in [0.15, 0.2) is 0 Å². The summed E-state index contributed by atoms with van der Waals surface area (Å²) in [5, 5.41) is 3.70. The number of piperidine rings is 1. The van der Waals surface area contributed by atoms with Crippen LogP contribution < -0.4 is 5.32 Å². The Hall–Kier alpha value is -0.120. The van der Waals surface area contributed by atoms with Crippen LogP contribution in [-0.2, 0) is 0 Å². The number of piperazine rings is 1. The van der Waals surface area contributed by atoms with Crippen LogP contribution in [-0.4, -0.2) is 60.6 Å². The molecular weight excluding hydrogens is 234 g/mol. The molecule has 2 aliphatic heterocycles. The molecule has 1 N–H and O–H groups in total. The molecule has 2 saturated heterocycles. The van der Waals surface area contributed by atoms with Crippen molar-refractivity contribution >= 4 is 0 Å². The molecule has 2 aliphatic rings. The van der Waals surface area contributed by atoms with Gasteiger partial charge in [-0.25, -0.2) is 0 Å². The lowest BCUT2D eigenvalue weighted by molar-refractivity contribution is 0.0157. The molecule has 0 aromatic heterocycles. The Morgan fingerprint density at radius 1 is 1.16 bits per heavy atom. The fourth-order valence-electron chi connectivity index (χ4n) is 3.71. The number of hydrogen-bond donors (Lipinski definition) is 1. The Morgan fingerprint density at radius 3 is 2.68 bits per heavy atom. The predicted octanol–water partition coefficient (Wildman–Crippen LogP) is 2.32. The van der Waals surface area contributed by atoms with Crippen LogP contribution in [0, 0.1) is 0 Å². The van der Waals surface area contributed by atoms with Crippen molar-refractivity contribution in [3.05, 3.63) is 0 Å². The average molecular weight is 267 g/mol. The van der Waals surface area contributed by atoms with E-state index in [9.17, 15) is 0 Å². The van der Waals surface area contributed by atoms with E-state index in [1.165, 1.54) is 58.3 Å². The lowest BCUT2D eigenvalue weighted by atomic mass is 9.97. The van der Waals surface area contributed by atoms with Gasteiger partial charge >= 0.3 is 0 Å². The third kappa shape index (κ3) is 4.17. The minimum atomic E-state index is 0.714. The van der Waals surface area contributed by atoms with Gasteiger partial charge in [-0.3, -0.25) is 9.80 Å². The van der Waals surface area contributed by atoms with E-state index in [1.54, 1.807) is 0 Å². The highest BCUT2D eigenvalue weighted by molar-refractivity contribution is 4.89. The number of rotatable bonds is 6. The highest BCUT2D eigenvalue weighted by Crippen LogP contribution is 2.23. The highest BCUT2D eigenvalue weighted by Gasteiger charge is 2.32. The van der Waals surface area contributed by atoms with E-state index in [4.69, 9.17) is 0 Å². The summed E-state index contributed by atoms with van der Waals surface area (Å²) in [6.07, 6.45) is 6.78. The first-order chi connectivity index (χ1) is 9.24. The zero-order valence-electron chi connectivity index (χ0n) is 13.2. The molecule has 0 spiro atoms. The van der Waals surface area contributed by atoms with E-state index >= 15 is 0 Å². The lowest BCUT2D eigenvalue weighted by Gasteiger charge is -2.47. The van der Waals surface area contributed by atoms with E-state index in [-0.39, 0.29) is 0 Å². The zero-order chi connectivity index (χ0) is 13.7. The summed E-state index contributed by atoms with van der Waals surface area (Å²) in [6, 6.07) is 2.29. The fraction of sp³-hybridized carbons (Fsp3) is 1.00. The minimum Gasteiger partial charge on any atom is -0.313 e. The molecular formula is C16H33N3. The van der Waals surface area contributed by atoms with Gasteiger partial charge in [0.25, 0.3) is 0 Å². The van der Waals surface area contributed by atoms with Crippen molar-refractivity contribution in [3.8, 4) is 0 Å². The van der Waals surface area contributed by atoms with Gasteiger partial charge in [0.05, 0.1) is 0 Å². The van der Waals surface area contributed by atoms with Crippen LogP contribution in [0.2, 0.25) is 0 Å². The van der Waals surface area contributed by atoms with Gasteiger partial charge < -0.3 is 5.32 Å². The molecule has 0 saturated carbocycles. The predicted molar refractivity (Wildman–Crippen MR) is 82.6 cm³/mol. The van der Waals surface area contributed by atoms with Crippen LogP contribution in [0.1, 0.15) is 52.9 Å². The van der Waals surface area contributed by atoms with E-state index in [0.717, 1.165) is 18.6 Å². The van der Waals surface area contributed by atoms with Crippen molar-refractivity contribution in [2.75, 3.05) is 32.7 Å². The smallest absolute Gasteiger partial charge is 0.0223 e. The second kappa shape index (κ2) is 7.61. The third-order valence-corrected chi connectivity index (χ3v) is 5.13. The Labute approximate surface area is 119 Å². The van der Waals surface area contributed by atoms with Crippen molar-refractivity contribution in [2.24, 2.45) is 0 Å². The number of hydrogen-bond acceptors (Lipinski definition) is 3. The van der Waals surface area contributed by atoms with E-state index in [0.29, 0.717) is 6.04 Å². The first-order valence-electron chi connectivity index (χ1n) is 8.46. The molecule has 2 rings (SSSR count). The van der Waals surface area contributed by atoms with E-state index in [2.05, 4.69) is 35.9 Å². The Morgan fingerprint density at radius 2 is 1.95 bits per heavy atom. The van der Waals surface area contributed by atoms with Crippen molar-refractivity contribution in [2.45, 2.75) is 71.0 Å². The van der Waals surface area contributed by atoms with Gasteiger partial charge in [-0.15, -0.1) is 0 Å². The summed E-state index contributed by atoms with van der Waals surface area (Å²) in [4.78, 5) is 5.45. The second-order valence-electron chi connectivity index (χ2n) is 6.46. The van der Waals surface area contributed by atoms with Gasteiger partial charge in [-0.1, -0.05) is 20.3 Å². The minimum absolute atomic E-state index is 0.714. The van der Waals surface area contributed by atoms with E-state index in [1.807, 2.05) is 0 Å². The molecule has 19 heavy (non-hydrogen) atoms. The highest BCUT2D eigenvalue weighted by atomic mass is 15.3. The van der Waals surface area contributed by atoms with Gasteiger partial charge in [0, 0.05) is 44.3 Å². The van der Waals surface area contributed by atoms with Gasteiger partial charge in [-0.05, 0) is 39.2 Å². The second-order valence-corrected chi connectivity index (χ2v) is 6.46. The molecule has 3 nitrogen and oxygen atoms in total. The zero-order valence-corrected chi connectivity index (χ0v) is 13.2. The van der Waals surface area contributed by atoms with E-state index < -0.39 is 0 Å². The van der Waals surface area contributed by atoms with Crippen LogP contribution in [0.25, 0.3) is 0 Å². The molecule has 2 fully saturated rings. The van der Waals surface area contributed by atoms with Crippen LogP contribution in [0.3, 0.4) is 0 Å². The summed E-state index contributed by atoms with van der Waals surface area (Å²) < 4.78 is 0. The topological polar surface area (TPSA) is 18.5 Å². The number of nitrogens with zero attached hydrogens (tertiary/aromatic N) is 2. The van der Waals surface area contributed by atoms with Crippen LogP contribution in [0.4, 0.5) is 0 Å². The van der Waals surface area contributed by atoms with Crippen molar-refractivity contribution in [1.29, 1.82) is 0 Å². The summed E-state index contributed by atoms with van der Waals surface area (Å²) in [6.45, 7) is 13.3. The van der Waals surface area contributed by atoms with Crippen molar-refractivity contribution < 1.29 is 0 Å². The molecule has 0 aliphatic carbocycles. The normalized spacial score (nSPS) is 29.7. The Kier molecular flexibility index (Phi) is 6.11. The number of nitrogens with one attached hydrogen (secondary N) is 1. The Bertz CT molecular complexity index is 252. The Balaban J connectivity index is 1.74. The van der Waals surface area contributed by atoms with Gasteiger partial charge in [0.2, 0.25) is 0 Å². The largest absolute Gasteiger partial charge is 0.313 e. The standard InChI is InChI=1S/C16H33N3/c1-4-15(5-2)17-9-11-18-13-16-8-6-7-10-19(16)12-14(18)3/h14-17H,4-13H2,1-3H3. The van der Waals surface area contributed by atoms with Gasteiger partial charge in [-0.2, -0.15) is 0 Å². The first-order valence-corrected chi connectivity index (χ1v) is 8.46. The summed E-state index contributed by atoms with van der Waals surface area (Å²) in [7, 11) is 0. The van der Waals surface area contributed by atoms with Gasteiger partial charge in [0.15, 0.2) is 0 Å². The van der Waals surface area contributed by atoms with Crippen molar-refractivity contribution in [3.63, 3.8) is 0 Å². The van der Waals surface area contributed by atoms with Crippen molar-refractivity contribution in [1.82, 2.24) is 15.1 Å². The SMILES string of the molecule is CCC(CC)NCCN1CC2CCCCN2CC1C. The summed E-state index contributed by atoms with van der Waals surface area (Å²) in [5.41, 5.74) is 0. The molecule has 2 unspecified atom stereocenters. The molecule has 112 valence electrons. The molecule has 0 aromatic rings. The molecule has 0 radical (unpaired) electrons. The number of fused-ring (bicyclic) bond motifs is 1. The first kappa shape index (κ1) is 15.3. The maximum atomic E-state index is 3.70. The quantitative estimate of drug-likeness (QED) is 0.797. The lowest BCUT2D eigenvalue weighted by Crippen LogP contribution is -2.59. The molecule has 0 bridgehead atoms. The summed E-state index contributed by atoms with van der Waals surface area (Å²) >= 11 is 0. The molecule has 0 amide bonds. The van der Waals surface area contributed by atoms with Crippen LogP contribution >= 0.6 is 0 Å². The van der Waals surface area contributed by atoms with Gasteiger partial charge in [0.1, 0.15) is 0 Å². The molecule has 2 heterocycles. The summed E-state index contributed by atoms with van der Waals surface area (Å²) in [5.74, 6) is 0. The maximum Gasteiger partial charge on any atom is 0.0223 e. The molecule has 3 heteroatoms. The molecule has 0 aromatic carbocycles.